The van der Waals surface area contributed by atoms with Gasteiger partial charge in [0.05, 0.1) is 5.56 Å². The molecule has 0 heterocycles. The SMILES string of the molecule is CCN(CC)CCCN(CC)C(=O)c1cc(Cl)ccc1F. The fraction of sp³-hybridized carbons (Fsp3) is 0.562. The van der Waals surface area contributed by atoms with Crippen molar-refractivity contribution in [2.45, 2.75) is 27.2 Å². The summed E-state index contributed by atoms with van der Waals surface area (Å²) >= 11 is 5.85. The lowest BCUT2D eigenvalue weighted by atomic mass is 10.1. The maximum Gasteiger partial charge on any atom is 0.256 e. The summed E-state index contributed by atoms with van der Waals surface area (Å²) in [6, 6.07) is 4.08. The van der Waals surface area contributed by atoms with Gasteiger partial charge in [-0.2, -0.15) is 0 Å². The molecule has 0 spiro atoms. The van der Waals surface area contributed by atoms with Gasteiger partial charge in [-0.3, -0.25) is 4.79 Å². The van der Waals surface area contributed by atoms with Crippen LogP contribution in [0.15, 0.2) is 18.2 Å². The number of carbonyl (C=O) groups excluding carboxylic acids is 1. The van der Waals surface area contributed by atoms with E-state index >= 15 is 0 Å². The zero-order chi connectivity index (χ0) is 15.8. The van der Waals surface area contributed by atoms with E-state index in [1.54, 1.807) is 4.90 Å². The molecule has 0 bridgehead atoms. The molecule has 0 fully saturated rings. The number of nitrogens with zero attached hydrogens (tertiary/aromatic N) is 2. The zero-order valence-electron chi connectivity index (χ0n) is 13.0. The van der Waals surface area contributed by atoms with Gasteiger partial charge in [0.25, 0.3) is 5.91 Å². The van der Waals surface area contributed by atoms with Gasteiger partial charge >= 0.3 is 0 Å². The molecule has 3 nitrogen and oxygen atoms in total. The number of hydrogen-bond donors (Lipinski definition) is 0. The third-order valence-electron chi connectivity index (χ3n) is 3.62. The quantitative estimate of drug-likeness (QED) is 0.731. The molecule has 0 aliphatic rings. The van der Waals surface area contributed by atoms with Crippen molar-refractivity contribution in [1.29, 1.82) is 0 Å². The molecular weight excluding hydrogens is 291 g/mol. The van der Waals surface area contributed by atoms with E-state index in [2.05, 4.69) is 18.7 Å². The van der Waals surface area contributed by atoms with Crippen molar-refractivity contribution in [3.05, 3.63) is 34.6 Å². The van der Waals surface area contributed by atoms with Crippen LogP contribution in [0.2, 0.25) is 5.02 Å². The molecule has 1 rings (SSSR count). The van der Waals surface area contributed by atoms with Gasteiger partial charge in [0.2, 0.25) is 0 Å². The Hall–Kier alpha value is -1.13. The van der Waals surface area contributed by atoms with Crippen LogP contribution in [0.1, 0.15) is 37.6 Å². The minimum Gasteiger partial charge on any atom is -0.339 e. The van der Waals surface area contributed by atoms with E-state index in [4.69, 9.17) is 11.6 Å². The van der Waals surface area contributed by atoms with Crippen LogP contribution in [0, 0.1) is 5.82 Å². The maximum absolute atomic E-state index is 13.8. The third-order valence-corrected chi connectivity index (χ3v) is 3.86. The van der Waals surface area contributed by atoms with Gasteiger partial charge in [-0.05, 0) is 51.2 Å². The van der Waals surface area contributed by atoms with Gasteiger partial charge in [-0.15, -0.1) is 0 Å². The number of rotatable bonds is 8. The van der Waals surface area contributed by atoms with Crippen molar-refractivity contribution in [2.24, 2.45) is 0 Å². The monoisotopic (exact) mass is 314 g/mol. The van der Waals surface area contributed by atoms with E-state index in [-0.39, 0.29) is 11.5 Å². The van der Waals surface area contributed by atoms with Crippen LogP contribution in [0.5, 0.6) is 0 Å². The fourth-order valence-electron chi connectivity index (χ4n) is 2.26. The van der Waals surface area contributed by atoms with Gasteiger partial charge < -0.3 is 9.80 Å². The van der Waals surface area contributed by atoms with Crippen LogP contribution >= 0.6 is 11.6 Å². The van der Waals surface area contributed by atoms with Crippen LogP contribution in [-0.2, 0) is 0 Å². The highest BCUT2D eigenvalue weighted by Crippen LogP contribution is 2.17. The molecule has 21 heavy (non-hydrogen) atoms. The molecule has 0 aliphatic heterocycles. The van der Waals surface area contributed by atoms with Crippen LogP contribution in [0.3, 0.4) is 0 Å². The second kappa shape index (κ2) is 9.00. The number of halogens is 2. The Morgan fingerprint density at radius 2 is 1.81 bits per heavy atom. The second-order valence-electron chi connectivity index (χ2n) is 4.89. The Bertz CT molecular complexity index is 464. The Morgan fingerprint density at radius 1 is 1.14 bits per heavy atom. The fourth-order valence-corrected chi connectivity index (χ4v) is 2.43. The van der Waals surface area contributed by atoms with Crippen LogP contribution in [0.25, 0.3) is 0 Å². The summed E-state index contributed by atoms with van der Waals surface area (Å²) in [6.45, 7) is 10.3. The molecule has 0 unspecified atom stereocenters. The van der Waals surface area contributed by atoms with E-state index < -0.39 is 5.82 Å². The highest BCUT2D eigenvalue weighted by molar-refractivity contribution is 6.30. The third kappa shape index (κ3) is 5.29. The first-order valence-corrected chi connectivity index (χ1v) is 7.87. The normalized spacial score (nSPS) is 11.0. The molecule has 5 heteroatoms. The predicted octanol–water partition coefficient (Wildman–Crippen LogP) is 3.67. The number of carbonyl (C=O) groups is 1. The first-order valence-electron chi connectivity index (χ1n) is 7.50. The van der Waals surface area contributed by atoms with E-state index in [1.165, 1.54) is 18.2 Å². The molecule has 0 atom stereocenters. The average molecular weight is 315 g/mol. The molecule has 118 valence electrons. The van der Waals surface area contributed by atoms with Gasteiger partial charge in [0, 0.05) is 18.1 Å². The predicted molar refractivity (Wildman–Crippen MR) is 85.4 cm³/mol. The second-order valence-corrected chi connectivity index (χ2v) is 5.33. The molecule has 0 N–H and O–H groups in total. The molecule has 0 radical (unpaired) electrons. The smallest absolute Gasteiger partial charge is 0.256 e. The number of benzene rings is 1. The Balaban J connectivity index is 2.67. The van der Waals surface area contributed by atoms with Crippen molar-refractivity contribution >= 4 is 17.5 Å². The first-order chi connectivity index (χ1) is 10.0. The Labute approximate surface area is 131 Å². The van der Waals surface area contributed by atoms with Crippen molar-refractivity contribution in [3.8, 4) is 0 Å². The lowest BCUT2D eigenvalue weighted by Crippen LogP contribution is -2.34. The minimum atomic E-state index is -0.522. The molecule has 0 saturated heterocycles. The Morgan fingerprint density at radius 3 is 2.38 bits per heavy atom. The summed E-state index contributed by atoms with van der Waals surface area (Å²) in [4.78, 5) is 16.3. The molecule has 0 aromatic heterocycles. The summed E-state index contributed by atoms with van der Waals surface area (Å²) < 4.78 is 13.8. The zero-order valence-corrected chi connectivity index (χ0v) is 13.8. The summed E-state index contributed by atoms with van der Waals surface area (Å²) in [5.41, 5.74) is 0.0483. The summed E-state index contributed by atoms with van der Waals surface area (Å²) in [6.07, 6.45) is 0.878. The van der Waals surface area contributed by atoms with Gasteiger partial charge in [0.1, 0.15) is 5.82 Å². The van der Waals surface area contributed by atoms with Crippen LogP contribution < -0.4 is 0 Å². The summed E-state index contributed by atoms with van der Waals surface area (Å²) in [5.74, 6) is -0.816. The number of hydrogen-bond acceptors (Lipinski definition) is 2. The summed E-state index contributed by atoms with van der Waals surface area (Å²) in [5, 5.41) is 0.374. The van der Waals surface area contributed by atoms with E-state index in [0.29, 0.717) is 18.1 Å². The van der Waals surface area contributed by atoms with E-state index in [0.717, 1.165) is 26.1 Å². The highest BCUT2D eigenvalue weighted by atomic mass is 35.5. The van der Waals surface area contributed by atoms with E-state index in [9.17, 15) is 9.18 Å². The molecule has 1 amide bonds. The van der Waals surface area contributed by atoms with Crippen LogP contribution in [-0.4, -0.2) is 48.4 Å². The topological polar surface area (TPSA) is 23.6 Å². The van der Waals surface area contributed by atoms with Crippen molar-refractivity contribution < 1.29 is 9.18 Å². The van der Waals surface area contributed by atoms with Crippen molar-refractivity contribution in [3.63, 3.8) is 0 Å². The van der Waals surface area contributed by atoms with Gasteiger partial charge in [0.15, 0.2) is 0 Å². The largest absolute Gasteiger partial charge is 0.339 e. The molecule has 1 aromatic carbocycles. The standard InChI is InChI=1S/C16H24ClFN2O/c1-4-19(5-2)10-7-11-20(6-3)16(21)14-12-13(17)8-9-15(14)18/h8-9,12H,4-7,10-11H2,1-3H3. The minimum absolute atomic E-state index is 0.0483. The van der Waals surface area contributed by atoms with Gasteiger partial charge in [-0.1, -0.05) is 25.4 Å². The highest BCUT2D eigenvalue weighted by Gasteiger charge is 2.18. The number of amides is 1. The molecular formula is C16H24ClFN2O. The lowest BCUT2D eigenvalue weighted by Gasteiger charge is -2.24. The molecule has 0 saturated carbocycles. The lowest BCUT2D eigenvalue weighted by molar-refractivity contribution is 0.0753. The van der Waals surface area contributed by atoms with Crippen molar-refractivity contribution in [2.75, 3.05) is 32.7 Å². The molecule has 1 aromatic rings. The average Bonchev–Trinajstić information content (AvgIpc) is 2.49. The Kier molecular flexibility index (Phi) is 7.68. The van der Waals surface area contributed by atoms with E-state index in [1.807, 2.05) is 6.92 Å². The van der Waals surface area contributed by atoms with Crippen LogP contribution in [0.4, 0.5) is 4.39 Å². The first kappa shape index (κ1) is 17.9. The van der Waals surface area contributed by atoms with Crippen molar-refractivity contribution in [1.82, 2.24) is 9.80 Å². The molecule has 0 aliphatic carbocycles. The van der Waals surface area contributed by atoms with Gasteiger partial charge in [-0.25, -0.2) is 4.39 Å². The maximum atomic E-state index is 13.8. The summed E-state index contributed by atoms with van der Waals surface area (Å²) in [7, 11) is 0.